The number of nitrogens with one attached hydrogen (secondary N) is 1. The third-order valence-corrected chi connectivity index (χ3v) is 4.37. The molecule has 6 nitrogen and oxygen atoms in total. The van der Waals surface area contributed by atoms with Crippen molar-refractivity contribution in [2.45, 2.75) is 12.7 Å². The summed E-state index contributed by atoms with van der Waals surface area (Å²) in [6.07, 6.45) is 1.20. The van der Waals surface area contributed by atoms with Crippen LogP contribution in [0.1, 0.15) is 21.9 Å². The Morgan fingerprint density at radius 2 is 2.22 bits per heavy atom. The van der Waals surface area contributed by atoms with Gasteiger partial charge in [0.1, 0.15) is 21.4 Å². The third-order valence-electron chi connectivity index (χ3n) is 2.19. The molecule has 0 bridgehead atoms. The summed E-state index contributed by atoms with van der Waals surface area (Å²) >= 11 is 1.44. The van der Waals surface area contributed by atoms with Gasteiger partial charge in [-0.2, -0.15) is 11.8 Å². The molecule has 1 rings (SSSR count). The highest BCUT2D eigenvalue weighted by molar-refractivity contribution is 7.99. The highest BCUT2D eigenvalue weighted by Crippen LogP contribution is 2.19. The number of furan rings is 1. The Hall–Kier alpha value is -0.990. The van der Waals surface area contributed by atoms with E-state index in [0.717, 1.165) is 0 Å². The first-order valence-corrected chi connectivity index (χ1v) is 8.40. The van der Waals surface area contributed by atoms with Gasteiger partial charge in [0, 0.05) is 12.0 Å². The van der Waals surface area contributed by atoms with Crippen molar-refractivity contribution in [3.8, 4) is 0 Å². The molecule has 0 radical (unpaired) electrons. The topological polar surface area (TPSA) is 102 Å². The fraction of sp³-hybridized carbons (Fsp3) is 0.500. The SMILES string of the molecule is Cc1oc(CSCCS(C)(=O)=O)cc1C(=O)NN. The Morgan fingerprint density at radius 1 is 1.56 bits per heavy atom. The Labute approximate surface area is 110 Å². The number of thioether (sulfide) groups is 1. The first-order chi connectivity index (χ1) is 8.33. The Balaban J connectivity index is 2.51. The third kappa shape index (κ3) is 4.71. The molecule has 0 spiro atoms. The van der Waals surface area contributed by atoms with Crippen molar-refractivity contribution < 1.29 is 17.6 Å². The smallest absolute Gasteiger partial charge is 0.268 e. The summed E-state index contributed by atoms with van der Waals surface area (Å²) in [7, 11) is -2.93. The van der Waals surface area contributed by atoms with Crippen molar-refractivity contribution in [2.75, 3.05) is 17.8 Å². The van der Waals surface area contributed by atoms with Gasteiger partial charge in [0.2, 0.25) is 0 Å². The van der Waals surface area contributed by atoms with E-state index in [-0.39, 0.29) is 5.75 Å². The zero-order valence-corrected chi connectivity index (χ0v) is 11.9. The first-order valence-electron chi connectivity index (χ1n) is 5.19. The molecule has 0 aliphatic rings. The van der Waals surface area contributed by atoms with E-state index in [1.807, 2.05) is 5.43 Å². The molecule has 0 aliphatic heterocycles. The number of sulfone groups is 1. The molecular weight excluding hydrogens is 276 g/mol. The Kier molecular flexibility index (Phi) is 5.24. The van der Waals surface area contributed by atoms with Crippen LogP contribution in [0.4, 0.5) is 0 Å². The van der Waals surface area contributed by atoms with Crippen LogP contribution in [0, 0.1) is 6.92 Å². The van der Waals surface area contributed by atoms with Gasteiger partial charge in [0.25, 0.3) is 5.91 Å². The second kappa shape index (κ2) is 6.26. The minimum Gasteiger partial charge on any atom is -0.465 e. The van der Waals surface area contributed by atoms with Gasteiger partial charge in [-0.1, -0.05) is 0 Å². The van der Waals surface area contributed by atoms with E-state index in [1.54, 1.807) is 13.0 Å². The van der Waals surface area contributed by atoms with E-state index < -0.39 is 15.7 Å². The van der Waals surface area contributed by atoms with Crippen molar-refractivity contribution in [1.82, 2.24) is 5.43 Å². The van der Waals surface area contributed by atoms with Crippen molar-refractivity contribution in [3.63, 3.8) is 0 Å². The number of amides is 1. The first kappa shape index (κ1) is 15.1. The van der Waals surface area contributed by atoms with Gasteiger partial charge in [0.05, 0.1) is 17.1 Å². The molecule has 0 aliphatic carbocycles. The summed E-state index contributed by atoms with van der Waals surface area (Å²) in [6.45, 7) is 1.68. The predicted molar refractivity (Wildman–Crippen MR) is 71.0 cm³/mol. The van der Waals surface area contributed by atoms with Crippen LogP contribution in [-0.4, -0.2) is 32.1 Å². The predicted octanol–water partition coefficient (Wildman–Crippen LogP) is 0.469. The van der Waals surface area contributed by atoms with Crippen LogP contribution in [-0.2, 0) is 15.6 Å². The Bertz CT molecular complexity index is 522. The quantitative estimate of drug-likeness (QED) is 0.342. The van der Waals surface area contributed by atoms with E-state index in [9.17, 15) is 13.2 Å². The summed E-state index contributed by atoms with van der Waals surface area (Å²) in [6, 6.07) is 1.62. The van der Waals surface area contributed by atoms with E-state index in [1.165, 1.54) is 18.0 Å². The van der Waals surface area contributed by atoms with Crippen LogP contribution in [0.25, 0.3) is 0 Å². The molecule has 0 saturated carbocycles. The van der Waals surface area contributed by atoms with Crippen LogP contribution in [0.15, 0.2) is 10.5 Å². The molecule has 3 N–H and O–H groups in total. The number of hydrogen-bond donors (Lipinski definition) is 2. The second-order valence-electron chi connectivity index (χ2n) is 3.84. The lowest BCUT2D eigenvalue weighted by atomic mass is 10.2. The van der Waals surface area contributed by atoms with Crippen LogP contribution < -0.4 is 11.3 Å². The molecule has 0 atom stereocenters. The molecule has 0 fully saturated rings. The van der Waals surface area contributed by atoms with Gasteiger partial charge in [-0.3, -0.25) is 10.2 Å². The van der Waals surface area contributed by atoms with Crippen LogP contribution in [0.2, 0.25) is 0 Å². The molecular formula is C10H16N2O4S2. The lowest BCUT2D eigenvalue weighted by Crippen LogP contribution is -2.30. The van der Waals surface area contributed by atoms with Crippen molar-refractivity contribution >= 4 is 27.5 Å². The van der Waals surface area contributed by atoms with Gasteiger partial charge in [-0.25, -0.2) is 14.3 Å². The largest absolute Gasteiger partial charge is 0.465 e. The summed E-state index contributed by atoms with van der Waals surface area (Å²) in [5.74, 6) is 6.92. The molecule has 1 amide bonds. The van der Waals surface area contributed by atoms with E-state index >= 15 is 0 Å². The summed E-state index contributed by atoms with van der Waals surface area (Å²) in [5, 5.41) is 0. The fourth-order valence-electron chi connectivity index (χ4n) is 1.30. The van der Waals surface area contributed by atoms with Crippen LogP contribution in [0.3, 0.4) is 0 Å². The normalized spacial score (nSPS) is 11.5. The molecule has 1 aromatic rings. The zero-order chi connectivity index (χ0) is 13.8. The molecule has 102 valence electrons. The fourth-order valence-corrected chi connectivity index (χ4v) is 3.47. The van der Waals surface area contributed by atoms with E-state index in [4.69, 9.17) is 10.3 Å². The van der Waals surface area contributed by atoms with Gasteiger partial charge in [0.15, 0.2) is 0 Å². The summed E-state index contributed by atoms with van der Waals surface area (Å²) in [5.41, 5.74) is 2.44. The number of aryl methyl sites for hydroxylation is 1. The highest BCUT2D eigenvalue weighted by atomic mass is 32.2. The molecule has 0 aromatic carbocycles. The minimum absolute atomic E-state index is 0.132. The van der Waals surface area contributed by atoms with Crippen molar-refractivity contribution in [2.24, 2.45) is 5.84 Å². The molecule has 18 heavy (non-hydrogen) atoms. The maximum atomic E-state index is 11.3. The maximum Gasteiger partial charge on any atom is 0.268 e. The lowest BCUT2D eigenvalue weighted by Gasteiger charge is -1.97. The maximum absolute atomic E-state index is 11.3. The summed E-state index contributed by atoms with van der Waals surface area (Å²) < 4.78 is 27.2. The highest BCUT2D eigenvalue weighted by Gasteiger charge is 2.13. The molecule has 1 aromatic heterocycles. The van der Waals surface area contributed by atoms with Gasteiger partial charge in [-0.15, -0.1) is 0 Å². The van der Waals surface area contributed by atoms with Crippen LogP contribution >= 0.6 is 11.8 Å². The number of hydrogen-bond acceptors (Lipinski definition) is 6. The average Bonchev–Trinajstić information content (AvgIpc) is 2.64. The monoisotopic (exact) mass is 292 g/mol. The molecule has 0 unspecified atom stereocenters. The van der Waals surface area contributed by atoms with Crippen molar-refractivity contribution in [3.05, 3.63) is 23.2 Å². The standard InChI is InChI=1S/C10H16N2O4S2/c1-7-9(10(13)12-11)5-8(16-7)6-17-3-4-18(2,14)15/h5H,3-4,6,11H2,1-2H3,(H,12,13). The number of nitrogen functional groups attached to an aromatic ring is 1. The molecule has 0 saturated heterocycles. The zero-order valence-electron chi connectivity index (χ0n) is 10.2. The Morgan fingerprint density at radius 3 is 2.78 bits per heavy atom. The number of hydrazine groups is 1. The van der Waals surface area contributed by atoms with E-state index in [0.29, 0.717) is 28.6 Å². The van der Waals surface area contributed by atoms with E-state index in [2.05, 4.69) is 0 Å². The average molecular weight is 292 g/mol. The number of carbonyl (C=O) groups is 1. The number of nitrogens with two attached hydrogens (primary N) is 1. The number of carbonyl (C=O) groups excluding carboxylic acids is 1. The van der Waals surface area contributed by atoms with Gasteiger partial charge < -0.3 is 4.42 Å². The molecule has 8 heteroatoms. The van der Waals surface area contributed by atoms with Crippen LogP contribution in [0.5, 0.6) is 0 Å². The number of rotatable bonds is 6. The van der Waals surface area contributed by atoms with Crippen molar-refractivity contribution in [1.29, 1.82) is 0 Å². The minimum atomic E-state index is -2.93. The second-order valence-corrected chi connectivity index (χ2v) is 7.20. The van der Waals surface area contributed by atoms with Gasteiger partial charge >= 0.3 is 0 Å². The molecule has 1 heterocycles. The van der Waals surface area contributed by atoms with Gasteiger partial charge in [-0.05, 0) is 13.0 Å². The summed E-state index contributed by atoms with van der Waals surface area (Å²) in [4.78, 5) is 11.3. The lowest BCUT2D eigenvalue weighted by molar-refractivity contribution is 0.0952.